The third-order valence-electron chi connectivity index (χ3n) is 2.47. The Hall–Kier alpha value is -0.170. The topological polar surface area (TPSA) is 66.8 Å². The molecule has 1 heterocycles. The van der Waals surface area contributed by atoms with E-state index in [0.29, 0.717) is 13.0 Å². The predicted molar refractivity (Wildman–Crippen MR) is 57.1 cm³/mol. The largest absolute Gasteiger partial charge is 0.394 e. The number of rotatable bonds is 4. The number of ether oxygens (including phenoxy) is 1. The van der Waals surface area contributed by atoms with Gasteiger partial charge in [-0.25, -0.2) is 8.42 Å². The smallest absolute Gasteiger partial charge is 0.214 e. The summed E-state index contributed by atoms with van der Waals surface area (Å²) >= 11 is 0. The second-order valence-electron chi connectivity index (χ2n) is 3.87. The maximum atomic E-state index is 11.8. The molecule has 0 amide bonds. The van der Waals surface area contributed by atoms with Gasteiger partial charge in [0.15, 0.2) is 0 Å². The molecule has 90 valence electrons. The van der Waals surface area contributed by atoms with Crippen molar-refractivity contribution in [1.29, 1.82) is 0 Å². The van der Waals surface area contributed by atoms with Crippen molar-refractivity contribution in [2.24, 2.45) is 0 Å². The van der Waals surface area contributed by atoms with Crippen LogP contribution in [-0.4, -0.2) is 55.5 Å². The number of hydrogen-bond donors (Lipinski definition) is 1. The Morgan fingerprint density at radius 3 is 2.73 bits per heavy atom. The van der Waals surface area contributed by atoms with Gasteiger partial charge in [-0.2, -0.15) is 4.31 Å². The lowest BCUT2D eigenvalue weighted by Gasteiger charge is -2.36. The zero-order valence-electron chi connectivity index (χ0n) is 9.22. The van der Waals surface area contributed by atoms with E-state index in [-0.39, 0.29) is 31.1 Å². The Morgan fingerprint density at radius 2 is 2.20 bits per heavy atom. The predicted octanol–water partition coefficient (Wildman–Crippen LogP) is -0.192. The molecule has 1 saturated heterocycles. The first-order chi connectivity index (χ1) is 7.01. The van der Waals surface area contributed by atoms with Crippen LogP contribution in [0.4, 0.5) is 0 Å². The lowest BCUT2D eigenvalue weighted by atomic mass is 10.2. The Kier molecular flexibility index (Phi) is 4.51. The molecule has 1 aliphatic heterocycles. The van der Waals surface area contributed by atoms with Crippen LogP contribution in [0.25, 0.3) is 0 Å². The van der Waals surface area contributed by atoms with E-state index < -0.39 is 10.0 Å². The lowest BCUT2D eigenvalue weighted by Crippen LogP contribution is -2.52. The van der Waals surface area contributed by atoms with Crippen molar-refractivity contribution in [2.45, 2.75) is 32.4 Å². The molecule has 0 spiro atoms. The average molecular weight is 237 g/mol. The highest BCUT2D eigenvalue weighted by Gasteiger charge is 2.33. The van der Waals surface area contributed by atoms with Crippen LogP contribution >= 0.6 is 0 Å². The number of nitrogens with zero attached hydrogens (tertiary/aromatic N) is 1. The molecule has 0 saturated carbocycles. The Bertz CT molecular complexity index is 290. The van der Waals surface area contributed by atoms with E-state index in [9.17, 15) is 8.42 Å². The van der Waals surface area contributed by atoms with Gasteiger partial charge in [0.05, 0.1) is 25.1 Å². The van der Waals surface area contributed by atoms with Gasteiger partial charge in [0.25, 0.3) is 0 Å². The standard InChI is InChI=1S/C9H19NO4S/c1-3-4-15(12,13)10-5-9(6-11)14-7-8(10)2/h8-9,11H,3-7H2,1-2H3. The summed E-state index contributed by atoms with van der Waals surface area (Å²) in [5, 5.41) is 8.94. The van der Waals surface area contributed by atoms with Crippen LogP contribution < -0.4 is 0 Å². The fourth-order valence-electron chi connectivity index (χ4n) is 1.67. The minimum Gasteiger partial charge on any atom is -0.394 e. The van der Waals surface area contributed by atoms with Gasteiger partial charge in [-0.1, -0.05) is 6.92 Å². The zero-order valence-corrected chi connectivity index (χ0v) is 10.0. The minimum absolute atomic E-state index is 0.134. The molecule has 1 rings (SSSR count). The number of hydrogen-bond acceptors (Lipinski definition) is 4. The van der Waals surface area contributed by atoms with Crippen LogP contribution in [0.15, 0.2) is 0 Å². The summed E-state index contributed by atoms with van der Waals surface area (Å²) in [4.78, 5) is 0. The quantitative estimate of drug-likeness (QED) is 0.736. The van der Waals surface area contributed by atoms with Crippen LogP contribution in [0.3, 0.4) is 0 Å². The van der Waals surface area contributed by atoms with Gasteiger partial charge >= 0.3 is 0 Å². The van der Waals surface area contributed by atoms with Gasteiger partial charge in [-0.15, -0.1) is 0 Å². The summed E-state index contributed by atoms with van der Waals surface area (Å²) in [5.74, 6) is 0.162. The molecule has 0 aromatic heterocycles. The number of aliphatic hydroxyl groups is 1. The molecule has 15 heavy (non-hydrogen) atoms. The van der Waals surface area contributed by atoms with Crippen molar-refractivity contribution in [1.82, 2.24) is 4.31 Å². The van der Waals surface area contributed by atoms with Crippen LogP contribution in [0.1, 0.15) is 20.3 Å². The van der Waals surface area contributed by atoms with E-state index in [1.54, 1.807) is 0 Å². The molecule has 1 fully saturated rings. The van der Waals surface area contributed by atoms with Crippen molar-refractivity contribution in [3.63, 3.8) is 0 Å². The number of aliphatic hydroxyl groups excluding tert-OH is 1. The highest BCUT2D eigenvalue weighted by atomic mass is 32.2. The van der Waals surface area contributed by atoms with Crippen molar-refractivity contribution in [3.8, 4) is 0 Å². The second-order valence-corrected chi connectivity index (χ2v) is 5.91. The summed E-state index contributed by atoms with van der Waals surface area (Å²) in [6.07, 6.45) is 0.226. The highest BCUT2D eigenvalue weighted by Crippen LogP contribution is 2.16. The first kappa shape index (κ1) is 12.9. The van der Waals surface area contributed by atoms with Gasteiger partial charge in [0, 0.05) is 12.6 Å². The van der Waals surface area contributed by atoms with E-state index in [2.05, 4.69) is 0 Å². The molecule has 5 nitrogen and oxygen atoms in total. The molecule has 0 aliphatic carbocycles. The first-order valence-corrected chi connectivity index (χ1v) is 6.84. The summed E-state index contributed by atoms with van der Waals surface area (Å²) < 4.78 is 30.4. The summed E-state index contributed by atoms with van der Waals surface area (Å²) in [5.41, 5.74) is 0. The van der Waals surface area contributed by atoms with Gasteiger partial charge < -0.3 is 9.84 Å². The van der Waals surface area contributed by atoms with Crippen LogP contribution in [-0.2, 0) is 14.8 Å². The normalized spacial score (nSPS) is 29.3. The average Bonchev–Trinajstić information content (AvgIpc) is 2.18. The third kappa shape index (κ3) is 3.14. The van der Waals surface area contributed by atoms with Crippen molar-refractivity contribution >= 4 is 10.0 Å². The van der Waals surface area contributed by atoms with E-state index in [1.807, 2.05) is 13.8 Å². The van der Waals surface area contributed by atoms with Gasteiger partial charge in [0.1, 0.15) is 0 Å². The van der Waals surface area contributed by atoms with Crippen molar-refractivity contribution in [2.75, 3.05) is 25.5 Å². The van der Waals surface area contributed by atoms with Crippen LogP contribution in [0, 0.1) is 0 Å². The molecule has 2 atom stereocenters. The van der Waals surface area contributed by atoms with Gasteiger partial charge in [0.2, 0.25) is 10.0 Å². The van der Waals surface area contributed by atoms with Crippen LogP contribution in [0.2, 0.25) is 0 Å². The molecular formula is C9H19NO4S. The van der Waals surface area contributed by atoms with Crippen LogP contribution in [0.5, 0.6) is 0 Å². The van der Waals surface area contributed by atoms with E-state index in [1.165, 1.54) is 4.31 Å². The molecule has 6 heteroatoms. The fourth-order valence-corrected chi connectivity index (χ4v) is 3.42. The molecule has 0 bridgehead atoms. The van der Waals surface area contributed by atoms with E-state index in [4.69, 9.17) is 9.84 Å². The highest BCUT2D eigenvalue weighted by molar-refractivity contribution is 7.89. The van der Waals surface area contributed by atoms with Crippen molar-refractivity contribution < 1.29 is 18.3 Å². The molecular weight excluding hydrogens is 218 g/mol. The summed E-state index contributed by atoms with van der Waals surface area (Å²) in [6, 6.07) is -0.135. The Morgan fingerprint density at radius 1 is 1.53 bits per heavy atom. The maximum absolute atomic E-state index is 11.8. The lowest BCUT2D eigenvalue weighted by molar-refractivity contribution is -0.0516. The third-order valence-corrected chi connectivity index (χ3v) is 4.62. The first-order valence-electron chi connectivity index (χ1n) is 5.23. The van der Waals surface area contributed by atoms with E-state index >= 15 is 0 Å². The molecule has 1 N–H and O–H groups in total. The van der Waals surface area contributed by atoms with E-state index in [0.717, 1.165) is 0 Å². The summed E-state index contributed by atoms with van der Waals surface area (Å²) in [7, 11) is -3.18. The number of sulfonamides is 1. The fraction of sp³-hybridized carbons (Fsp3) is 1.00. The Balaban J connectivity index is 2.73. The Labute approximate surface area is 91.1 Å². The zero-order chi connectivity index (χ0) is 11.5. The molecule has 1 aliphatic rings. The number of morpholine rings is 1. The molecule has 2 unspecified atom stereocenters. The molecule has 0 radical (unpaired) electrons. The minimum atomic E-state index is -3.18. The van der Waals surface area contributed by atoms with Gasteiger partial charge in [-0.05, 0) is 13.3 Å². The van der Waals surface area contributed by atoms with Crippen molar-refractivity contribution in [3.05, 3.63) is 0 Å². The monoisotopic (exact) mass is 237 g/mol. The van der Waals surface area contributed by atoms with Gasteiger partial charge in [-0.3, -0.25) is 0 Å². The maximum Gasteiger partial charge on any atom is 0.214 e. The molecule has 0 aromatic carbocycles. The second kappa shape index (κ2) is 5.25. The summed E-state index contributed by atoms with van der Waals surface area (Å²) in [6.45, 7) is 4.14. The molecule has 0 aromatic rings. The SMILES string of the molecule is CCCS(=O)(=O)N1CC(CO)OCC1C.